The average Bonchev–Trinajstić information content (AvgIpc) is 2.35. The molecule has 0 heterocycles. The van der Waals surface area contributed by atoms with E-state index in [1.54, 1.807) is 30.3 Å². The lowest BCUT2D eigenvalue weighted by Crippen LogP contribution is -1.88. The standard InChI is InChI=1S/C11H8N2O2S/c1-14-11-5-8(2-3-10(11)15-16)4-9(6-12)7-13/h2-5,16H,1H3. The molecule has 0 aliphatic rings. The third-order valence-electron chi connectivity index (χ3n) is 1.84. The van der Waals surface area contributed by atoms with Crippen molar-refractivity contribution in [2.45, 2.75) is 0 Å². The van der Waals surface area contributed by atoms with Crippen molar-refractivity contribution < 1.29 is 8.92 Å². The molecule has 0 aromatic heterocycles. The van der Waals surface area contributed by atoms with Crippen LogP contribution < -0.4 is 8.92 Å². The molecule has 80 valence electrons. The summed E-state index contributed by atoms with van der Waals surface area (Å²) in [6.07, 6.45) is 1.46. The van der Waals surface area contributed by atoms with Crippen molar-refractivity contribution in [2.24, 2.45) is 0 Å². The van der Waals surface area contributed by atoms with Gasteiger partial charge in [0, 0.05) is 12.9 Å². The summed E-state index contributed by atoms with van der Waals surface area (Å²) in [5, 5.41) is 17.2. The number of thiol groups is 1. The minimum Gasteiger partial charge on any atom is -0.493 e. The summed E-state index contributed by atoms with van der Waals surface area (Å²) in [5.74, 6) is 0.956. The maximum Gasteiger partial charge on any atom is 0.178 e. The number of ether oxygens (including phenoxy) is 1. The topological polar surface area (TPSA) is 66.0 Å². The van der Waals surface area contributed by atoms with Crippen LogP contribution in [0.5, 0.6) is 11.5 Å². The second-order valence-corrected chi connectivity index (χ2v) is 2.97. The van der Waals surface area contributed by atoms with E-state index in [1.165, 1.54) is 13.2 Å². The lowest BCUT2D eigenvalue weighted by atomic mass is 10.1. The summed E-state index contributed by atoms with van der Waals surface area (Å²) in [6, 6.07) is 8.55. The Morgan fingerprint density at radius 2 is 2.00 bits per heavy atom. The quantitative estimate of drug-likeness (QED) is 0.493. The number of nitriles is 2. The summed E-state index contributed by atoms with van der Waals surface area (Å²) in [6.45, 7) is 0. The molecule has 0 bridgehead atoms. The van der Waals surface area contributed by atoms with Crippen LogP contribution in [-0.2, 0) is 0 Å². The van der Waals surface area contributed by atoms with Crippen LogP contribution in [0.25, 0.3) is 6.08 Å². The zero-order valence-corrected chi connectivity index (χ0v) is 9.36. The summed E-state index contributed by atoms with van der Waals surface area (Å²) < 4.78 is 9.82. The zero-order chi connectivity index (χ0) is 12.0. The van der Waals surface area contributed by atoms with Gasteiger partial charge >= 0.3 is 0 Å². The van der Waals surface area contributed by atoms with E-state index in [2.05, 4.69) is 12.9 Å². The molecule has 0 aliphatic carbocycles. The molecule has 0 aliphatic heterocycles. The van der Waals surface area contributed by atoms with E-state index in [0.717, 1.165) is 0 Å². The van der Waals surface area contributed by atoms with Crippen molar-refractivity contribution in [3.05, 3.63) is 29.3 Å². The summed E-state index contributed by atoms with van der Waals surface area (Å²) in [5.41, 5.74) is 0.714. The summed E-state index contributed by atoms with van der Waals surface area (Å²) in [7, 11) is 1.49. The zero-order valence-electron chi connectivity index (χ0n) is 8.47. The largest absolute Gasteiger partial charge is 0.493 e. The molecule has 0 N–H and O–H groups in total. The molecule has 0 spiro atoms. The van der Waals surface area contributed by atoms with Gasteiger partial charge in [-0.1, -0.05) is 6.07 Å². The van der Waals surface area contributed by atoms with Crippen LogP contribution in [0, 0.1) is 22.7 Å². The Morgan fingerprint density at radius 1 is 1.31 bits per heavy atom. The molecule has 0 atom stereocenters. The van der Waals surface area contributed by atoms with Gasteiger partial charge in [-0.15, -0.1) is 0 Å². The van der Waals surface area contributed by atoms with Crippen molar-refractivity contribution >= 4 is 19.0 Å². The van der Waals surface area contributed by atoms with Crippen LogP contribution in [0.15, 0.2) is 23.8 Å². The maximum atomic E-state index is 8.61. The number of hydrogen-bond donors (Lipinski definition) is 1. The Kier molecular flexibility index (Phi) is 4.26. The smallest absolute Gasteiger partial charge is 0.178 e. The Balaban J connectivity index is 3.15. The first-order chi connectivity index (χ1) is 7.74. The van der Waals surface area contributed by atoms with Gasteiger partial charge in [-0.25, -0.2) is 0 Å². The van der Waals surface area contributed by atoms with Gasteiger partial charge in [0.05, 0.1) is 7.11 Å². The lowest BCUT2D eigenvalue weighted by molar-refractivity contribution is 0.400. The molecular weight excluding hydrogens is 224 g/mol. The first kappa shape index (κ1) is 12.0. The fraction of sp³-hybridized carbons (Fsp3) is 0.0909. The molecule has 1 aromatic rings. The number of hydrogen-bond acceptors (Lipinski definition) is 5. The lowest BCUT2D eigenvalue weighted by Gasteiger charge is -2.06. The predicted molar refractivity (Wildman–Crippen MR) is 61.8 cm³/mol. The van der Waals surface area contributed by atoms with E-state index in [1.807, 2.05) is 0 Å². The van der Waals surface area contributed by atoms with E-state index in [0.29, 0.717) is 17.1 Å². The number of methoxy groups -OCH3 is 1. The maximum absolute atomic E-state index is 8.61. The van der Waals surface area contributed by atoms with Crippen molar-refractivity contribution in [3.63, 3.8) is 0 Å². The molecule has 0 saturated carbocycles. The van der Waals surface area contributed by atoms with Crippen LogP contribution >= 0.6 is 12.9 Å². The molecule has 1 aromatic carbocycles. The number of allylic oxidation sites excluding steroid dienone is 1. The first-order valence-electron chi connectivity index (χ1n) is 4.26. The average molecular weight is 232 g/mol. The number of nitrogens with zero attached hydrogens (tertiary/aromatic N) is 2. The monoisotopic (exact) mass is 232 g/mol. The van der Waals surface area contributed by atoms with Gasteiger partial charge in [0.25, 0.3) is 0 Å². The third kappa shape index (κ3) is 2.69. The fourth-order valence-electron chi connectivity index (χ4n) is 1.11. The van der Waals surface area contributed by atoms with Gasteiger partial charge in [0.1, 0.15) is 17.7 Å². The molecular formula is C11H8N2O2S. The minimum atomic E-state index is 0.0293. The molecule has 0 fully saturated rings. The van der Waals surface area contributed by atoms with Crippen LogP contribution in [0.3, 0.4) is 0 Å². The van der Waals surface area contributed by atoms with Gasteiger partial charge < -0.3 is 8.92 Å². The van der Waals surface area contributed by atoms with Crippen LogP contribution in [0.2, 0.25) is 0 Å². The molecule has 0 unspecified atom stereocenters. The normalized spacial score (nSPS) is 8.50. The Bertz CT molecular complexity index is 482. The van der Waals surface area contributed by atoms with E-state index >= 15 is 0 Å². The number of rotatable bonds is 3. The van der Waals surface area contributed by atoms with E-state index in [4.69, 9.17) is 19.4 Å². The van der Waals surface area contributed by atoms with Gasteiger partial charge in [0.15, 0.2) is 11.5 Å². The molecule has 0 amide bonds. The van der Waals surface area contributed by atoms with Crippen molar-refractivity contribution in [1.82, 2.24) is 0 Å². The van der Waals surface area contributed by atoms with Gasteiger partial charge in [-0.05, 0) is 23.8 Å². The molecule has 1 rings (SSSR count). The van der Waals surface area contributed by atoms with Crippen LogP contribution in [-0.4, -0.2) is 7.11 Å². The van der Waals surface area contributed by atoms with E-state index in [-0.39, 0.29) is 5.57 Å². The highest BCUT2D eigenvalue weighted by Crippen LogP contribution is 2.29. The predicted octanol–water partition coefficient (Wildman–Crippen LogP) is 2.35. The molecule has 4 nitrogen and oxygen atoms in total. The highest BCUT2D eigenvalue weighted by Gasteiger charge is 2.04. The fourth-order valence-corrected chi connectivity index (χ4v) is 1.26. The SMILES string of the molecule is COc1cc(C=C(C#N)C#N)ccc1OS. The van der Waals surface area contributed by atoms with Crippen LogP contribution in [0.4, 0.5) is 0 Å². The highest BCUT2D eigenvalue weighted by atomic mass is 32.1. The van der Waals surface area contributed by atoms with E-state index < -0.39 is 0 Å². The van der Waals surface area contributed by atoms with Crippen molar-refractivity contribution in [3.8, 4) is 23.6 Å². The van der Waals surface area contributed by atoms with Gasteiger partial charge in [-0.2, -0.15) is 10.5 Å². The molecule has 16 heavy (non-hydrogen) atoms. The Hall–Kier alpha value is -2.11. The molecule has 5 heteroatoms. The summed E-state index contributed by atoms with van der Waals surface area (Å²) >= 11 is 3.67. The minimum absolute atomic E-state index is 0.0293. The molecule has 0 radical (unpaired) electrons. The highest BCUT2D eigenvalue weighted by molar-refractivity contribution is 7.75. The first-order valence-corrected chi connectivity index (χ1v) is 4.63. The van der Waals surface area contributed by atoms with Crippen molar-refractivity contribution in [1.29, 1.82) is 10.5 Å². The Morgan fingerprint density at radius 3 is 2.50 bits per heavy atom. The number of benzene rings is 1. The van der Waals surface area contributed by atoms with Gasteiger partial charge in [0.2, 0.25) is 0 Å². The summed E-state index contributed by atoms with van der Waals surface area (Å²) in [4.78, 5) is 0. The van der Waals surface area contributed by atoms with Gasteiger partial charge in [-0.3, -0.25) is 0 Å². The molecule has 0 saturated heterocycles. The van der Waals surface area contributed by atoms with Crippen LogP contribution in [0.1, 0.15) is 5.56 Å². The van der Waals surface area contributed by atoms with E-state index in [9.17, 15) is 0 Å². The Labute approximate surface area is 98.9 Å². The third-order valence-corrected chi connectivity index (χ3v) is 2.03. The second kappa shape index (κ2) is 5.69. The van der Waals surface area contributed by atoms with Crippen molar-refractivity contribution in [2.75, 3.05) is 7.11 Å². The second-order valence-electron chi connectivity index (χ2n) is 2.78.